The molecule has 0 spiro atoms. The molecule has 0 radical (unpaired) electrons. The number of amides is 2. The molecule has 1 fully saturated rings. The van der Waals surface area contributed by atoms with Gasteiger partial charge in [-0.2, -0.15) is 0 Å². The Bertz CT molecular complexity index is 1120. The van der Waals surface area contributed by atoms with E-state index >= 15 is 0 Å². The molecule has 1 saturated heterocycles. The van der Waals surface area contributed by atoms with Gasteiger partial charge in [0.05, 0.1) is 6.10 Å². The number of ether oxygens (including phenoxy) is 3. The summed E-state index contributed by atoms with van der Waals surface area (Å²) in [5, 5.41) is 5.61. The van der Waals surface area contributed by atoms with E-state index in [2.05, 4.69) is 10.6 Å². The fraction of sp³-hybridized carbons (Fsp3) is 0.464. The molecule has 1 unspecified atom stereocenters. The van der Waals surface area contributed by atoms with Crippen LogP contribution in [0.25, 0.3) is 11.1 Å². The molecule has 1 aliphatic heterocycles. The molecule has 2 aromatic rings. The maximum Gasteiger partial charge on any atom is 0.302 e. The Kier molecular flexibility index (Phi) is 9.63. The van der Waals surface area contributed by atoms with Gasteiger partial charge in [-0.3, -0.25) is 14.4 Å². The second-order valence-electron chi connectivity index (χ2n) is 9.29. The summed E-state index contributed by atoms with van der Waals surface area (Å²) < 4.78 is 32.2. The van der Waals surface area contributed by atoms with Crippen LogP contribution in [0.1, 0.15) is 46.6 Å². The molecule has 8 nitrogen and oxygen atoms in total. The van der Waals surface area contributed by atoms with E-state index in [0.717, 1.165) is 11.1 Å². The first-order chi connectivity index (χ1) is 17.6. The molecule has 2 N–H and O–H groups in total. The van der Waals surface area contributed by atoms with E-state index < -0.39 is 24.4 Å². The van der Waals surface area contributed by atoms with E-state index in [-0.39, 0.29) is 29.7 Å². The zero-order valence-corrected chi connectivity index (χ0v) is 21.9. The molecule has 0 aromatic heterocycles. The summed E-state index contributed by atoms with van der Waals surface area (Å²) in [6, 6.07) is 10.9. The minimum Gasteiger partial charge on any atom is -0.463 e. The van der Waals surface area contributed by atoms with Crippen molar-refractivity contribution in [1.82, 2.24) is 10.6 Å². The Morgan fingerprint density at radius 2 is 1.81 bits per heavy atom. The smallest absolute Gasteiger partial charge is 0.302 e. The first-order valence-electron chi connectivity index (χ1n) is 12.5. The van der Waals surface area contributed by atoms with Crippen molar-refractivity contribution >= 4 is 17.8 Å². The van der Waals surface area contributed by atoms with Crippen LogP contribution in [0.2, 0.25) is 0 Å². The summed E-state index contributed by atoms with van der Waals surface area (Å²) in [5.74, 6) is -1.01. The van der Waals surface area contributed by atoms with E-state index in [1.807, 2.05) is 19.9 Å². The number of halogens is 1. The molecular weight excluding hydrogens is 479 g/mol. The highest BCUT2D eigenvalue weighted by molar-refractivity contribution is 5.74. The molecule has 3 rings (SSSR count). The van der Waals surface area contributed by atoms with Crippen LogP contribution in [0, 0.1) is 11.7 Å². The minimum absolute atomic E-state index is 0.132. The highest BCUT2D eigenvalue weighted by Crippen LogP contribution is 2.34. The Labute approximate surface area is 216 Å². The predicted octanol–water partition coefficient (Wildman–Crippen LogP) is 3.76. The largest absolute Gasteiger partial charge is 0.463 e. The van der Waals surface area contributed by atoms with Gasteiger partial charge in [-0.1, -0.05) is 32.0 Å². The van der Waals surface area contributed by atoms with Gasteiger partial charge in [0.1, 0.15) is 23.7 Å². The third kappa shape index (κ3) is 7.52. The number of hydrogen-bond donors (Lipinski definition) is 2. The first-order valence-corrected chi connectivity index (χ1v) is 12.5. The van der Waals surface area contributed by atoms with Crippen molar-refractivity contribution in [2.45, 2.75) is 72.0 Å². The fourth-order valence-electron chi connectivity index (χ4n) is 4.68. The molecule has 5 atom stereocenters. The van der Waals surface area contributed by atoms with E-state index in [9.17, 15) is 18.8 Å². The van der Waals surface area contributed by atoms with Crippen LogP contribution in [0.3, 0.4) is 0 Å². The zero-order valence-electron chi connectivity index (χ0n) is 21.9. The average Bonchev–Trinajstić information content (AvgIpc) is 2.83. The molecule has 200 valence electrons. The van der Waals surface area contributed by atoms with E-state index in [4.69, 9.17) is 14.2 Å². The normalized spacial score (nSPS) is 23.1. The van der Waals surface area contributed by atoms with Crippen molar-refractivity contribution in [1.29, 1.82) is 0 Å². The number of carbonyl (C=O) groups excluding carboxylic acids is 3. The lowest BCUT2D eigenvalue weighted by Gasteiger charge is -2.44. The number of carbonyl (C=O) groups is 3. The SMILES string of the molecule is CC[C@H]1OC(Oc2ccc(CCNC(C)=O)c(-c3cccc(F)c3)c2)[C@H](NC(C)=O)[C@@H](OC(C)=O)[C@H]1C. The summed E-state index contributed by atoms with van der Waals surface area (Å²) in [4.78, 5) is 35.2. The maximum absolute atomic E-state index is 14.1. The Morgan fingerprint density at radius 3 is 2.43 bits per heavy atom. The highest BCUT2D eigenvalue weighted by atomic mass is 19.1. The van der Waals surface area contributed by atoms with Crippen molar-refractivity contribution in [3.63, 3.8) is 0 Å². The van der Waals surface area contributed by atoms with Crippen molar-refractivity contribution in [2.75, 3.05) is 6.54 Å². The third-order valence-electron chi connectivity index (χ3n) is 6.37. The highest BCUT2D eigenvalue weighted by Gasteiger charge is 2.47. The monoisotopic (exact) mass is 514 g/mol. The van der Waals surface area contributed by atoms with Gasteiger partial charge in [0.15, 0.2) is 0 Å². The molecule has 1 aliphatic rings. The van der Waals surface area contributed by atoms with Gasteiger partial charge < -0.3 is 24.8 Å². The third-order valence-corrected chi connectivity index (χ3v) is 6.37. The van der Waals surface area contributed by atoms with Gasteiger partial charge in [0.2, 0.25) is 18.1 Å². The number of benzene rings is 2. The van der Waals surface area contributed by atoms with Crippen LogP contribution >= 0.6 is 0 Å². The topological polar surface area (TPSA) is 103 Å². The minimum atomic E-state index is -0.931. The van der Waals surface area contributed by atoms with E-state index in [0.29, 0.717) is 30.7 Å². The van der Waals surface area contributed by atoms with Crippen LogP contribution in [0.5, 0.6) is 5.75 Å². The van der Waals surface area contributed by atoms with Gasteiger partial charge in [-0.25, -0.2) is 4.39 Å². The van der Waals surface area contributed by atoms with Gasteiger partial charge in [-0.05, 0) is 53.8 Å². The summed E-state index contributed by atoms with van der Waals surface area (Å²) in [6.45, 7) is 8.47. The number of hydrogen-bond acceptors (Lipinski definition) is 6. The average molecular weight is 515 g/mol. The predicted molar refractivity (Wildman–Crippen MR) is 136 cm³/mol. The second-order valence-corrected chi connectivity index (χ2v) is 9.29. The van der Waals surface area contributed by atoms with Gasteiger partial charge in [-0.15, -0.1) is 0 Å². The zero-order chi connectivity index (χ0) is 27.1. The molecule has 0 aliphatic carbocycles. The van der Waals surface area contributed by atoms with Crippen molar-refractivity contribution in [3.8, 4) is 16.9 Å². The molecule has 2 aromatic carbocycles. The quantitative estimate of drug-likeness (QED) is 0.494. The van der Waals surface area contributed by atoms with Crippen LogP contribution in [-0.2, 0) is 30.3 Å². The first kappa shape index (κ1) is 28.1. The van der Waals surface area contributed by atoms with E-state index in [1.165, 1.54) is 32.9 Å². The van der Waals surface area contributed by atoms with Gasteiger partial charge >= 0.3 is 5.97 Å². The molecule has 37 heavy (non-hydrogen) atoms. The van der Waals surface area contributed by atoms with Gasteiger partial charge in [0, 0.05) is 33.2 Å². The lowest BCUT2D eigenvalue weighted by Crippen LogP contribution is -2.63. The summed E-state index contributed by atoms with van der Waals surface area (Å²) in [5.41, 5.74) is 2.29. The van der Waals surface area contributed by atoms with Crippen molar-refractivity contribution < 1.29 is 33.0 Å². The van der Waals surface area contributed by atoms with Crippen molar-refractivity contribution in [2.24, 2.45) is 5.92 Å². The van der Waals surface area contributed by atoms with Crippen LogP contribution in [0.15, 0.2) is 42.5 Å². The molecule has 9 heteroatoms. The van der Waals surface area contributed by atoms with Gasteiger partial charge in [0.25, 0.3) is 0 Å². The lowest BCUT2D eigenvalue weighted by atomic mass is 9.87. The summed E-state index contributed by atoms with van der Waals surface area (Å²) in [7, 11) is 0. The second kappa shape index (κ2) is 12.7. The fourth-order valence-corrected chi connectivity index (χ4v) is 4.68. The molecule has 0 saturated carbocycles. The molecule has 1 heterocycles. The molecular formula is C28H35FN2O6. The molecule has 2 amide bonds. The maximum atomic E-state index is 14.1. The Hall–Kier alpha value is -3.46. The Balaban J connectivity index is 1.96. The van der Waals surface area contributed by atoms with Crippen LogP contribution < -0.4 is 15.4 Å². The molecule has 0 bridgehead atoms. The standard InChI is InChI=1S/C28H35FN2O6/c1-6-25-16(2)27(35-19(5)34)26(31-18(4)33)28(37-25)36-23-11-10-20(12-13-30-17(3)32)24(15-23)21-8-7-9-22(29)14-21/h7-11,14-16,25-28H,6,12-13H2,1-5H3,(H,30,32)(H,31,33)/t16-,25+,26+,27-,28?/m0/s1. The number of esters is 1. The Morgan fingerprint density at radius 1 is 1.05 bits per heavy atom. The lowest BCUT2D eigenvalue weighted by molar-refractivity contribution is -0.225. The summed E-state index contributed by atoms with van der Waals surface area (Å²) in [6.07, 6.45) is -0.657. The van der Waals surface area contributed by atoms with E-state index in [1.54, 1.807) is 24.3 Å². The van der Waals surface area contributed by atoms with Crippen LogP contribution in [-0.4, -0.2) is 48.9 Å². The number of nitrogens with one attached hydrogen (secondary N) is 2. The number of rotatable bonds is 9. The van der Waals surface area contributed by atoms with Crippen LogP contribution in [0.4, 0.5) is 4.39 Å². The van der Waals surface area contributed by atoms with Crippen molar-refractivity contribution in [3.05, 3.63) is 53.8 Å². The summed E-state index contributed by atoms with van der Waals surface area (Å²) >= 11 is 0.